The van der Waals surface area contributed by atoms with Gasteiger partial charge in [-0.2, -0.15) is 65.9 Å². The summed E-state index contributed by atoms with van der Waals surface area (Å²) in [4.78, 5) is 0. The molecule has 0 aromatic carbocycles. The SMILES string of the molecule is C(OCC1CO1)C1CO1.CC(F)(F)OC(F)(F)C(F)(F)OC(F)(F)C(F)(F)C(F)(F)C(F)(F)F. The highest BCUT2D eigenvalue weighted by atomic mass is 19.4. The molecule has 20 heteroatoms. The van der Waals surface area contributed by atoms with Crippen LogP contribution in [0.25, 0.3) is 0 Å². The van der Waals surface area contributed by atoms with Crippen molar-refractivity contribution in [1.29, 1.82) is 0 Å². The van der Waals surface area contributed by atoms with Gasteiger partial charge in [0.25, 0.3) is 0 Å². The number of epoxide rings is 2. The molecule has 2 fully saturated rings. The van der Waals surface area contributed by atoms with Gasteiger partial charge in [0.2, 0.25) is 0 Å². The van der Waals surface area contributed by atoms with Gasteiger partial charge in [-0.3, -0.25) is 0 Å². The summed E-state index contributed by atoms with van der Waals surface area (Å²) in [5.41, 5.74) is 0. The molecule has 0 aliphatic carbocycles. The van der Waals surface area contributed by atoms with Crippen molar-refractivity contribution in [2.75, 3.05) is 26.4 Å². The van der Waals surface area contributed by atoms with E-state index in [0.29, 0.717) is 12.2 Å². The lowest BCUT2D eigenvalue weighted by atomic mass is 10.1. The van der Waals surface area contributed by atoms with E-state index >= 15 is 0 Å². The van der Waals surface area contributed by atoms with Crippen LogP contribution in [0.3, 0.4) is 0 Å². The van der Waals surface area contributed by atoms with E-state index in [9.17, 15) is 65.9 Å². The summed E-state index contributed by atoms with van der Waals surface area (Å²) >= 11 is 0. The first kappa shape index (κ1) is 30.8. The maximum Gasteiger partial charge on any atom is 0.460 e. The molecule has 0 N–H and O–H groups in total. The average molecular weight is 546 g/mol. The minimum Gasteiger partial charge on any atom is -0.376 e. The average Bonchev–Trinajstić information content (AvgIpc) is 3.46. The highest BCUT2D eigenvalue weighted by molar-refractivity contribution is 4.97. The lowest BCUT2D eigenvalue weighted by Crippen LogP contribution is -2.64. The van der Waals surface area contributed by atoms with Crippen LogP contribution in [-0.2, 0) is 23.7 Å². The van der Waals surface area contributed by atoms with Gasteiger partial charge in [0.1, 0.15) is 12.2 Å². The number of hydrogen-bond acceptors (Lipinski definition) is 5. The van der Waals surface area contributed by atoms with Gasteiger partial charge in [0.05, 0.1) is 26.4 Å². The van der Waals surface area contributed by atoms with Gasteiger partial charge in [0.15, 0.2) is 0 Å². The van der Waals surface area contributed by atoms with E-state index in [4.69, 9.17) is 14.2 Å². The van der Waals surface area contributed by atoms with E-state index in [0.717, 1.165) is 26.4 Å². The normalized spacial score (nSPS) is 22.2. The Labute approximate surface area is 179 Å². The van der Waals surface area contributed by atoms with Crippen LogP contribution >= 0.6 is 0 Å². The van der Waals surface area contributed by atoms with Crippen LogP contribution in [0.5, 0.6) is 0 Å². The van der Waals surface area contributed by atoms with Crippen LogP contribution in [0.4, 0.5) is 65.9 Å². The lowest BCUT2D eigenvalue weighted by Gasteiger charge is -2.36. The number of hydrogen-bond donors (Lipinski definition) is 0. The Hall–Kier alpha value is -1.25. The van der Waals surface area contributed by atoms with Crippen molar-refractivity contribution in [3.8, 4) is 0 Å². The number of ether oxygens (including phenoxy) is 5. The molecule has 2 saturated heterocycles. The van der Waals surface area contributed by atoms with Gasteiger partial charge in [-0.1, -0.05) is 0 Å². The fourth-order valence-electron chi connectivity index (χ4n) is 1.59. The van der Waals surface area contributed by atoms with Crippen molar-refractivity contribution >= 4 is 0 Å². The van der Waals surface area contributed by atoms with Crippen LogP contribution in [-0.4, -0.2) is 81.1 Å². The minimum absolute atomic E-state index is 0.392. The Morgan fingerprint density at radius 1 is 0.588 bits per heavy atom. The first-order valence-electron chi connectivity index (χ1n) is 8.41. The van der Waals surface area contributed by atoms with Crippen LogP contribution in [0.2, 0.25) is 0 Å². The Balaban J connectivity index is 0.000000521. The van der Waals surface area contributed by atoms with Gasteiger partial charge in [-0.05, 0) is 0 Å². The highest BCUT2D eigenvalue weighted by Crippen LogP contribution is 2.55. The molecule has 5 nitrogen and oxygen atoms in total. The molecule has 204 valence electrons. The molecule has 0 saturated carbocycles. The Morgan fingerprint density at radius 3 is 1.24 bits per heavy atom. The highest BCUT2D eigenvalue weighted by Gasteiger charge is 2.85. The molecule has 0 amide bonds. The second-order valence-electron chi connectivity index (χ2n) is 6.66. The molecular formula is C14H13F15O5. The third-order valence-corrected chi connectivity index (χ3v) is 3.43. The molecule has 2 rings (SSSR count). The summed E-state index contributed by atoms with van der Waals surface area (Å²) in [5, 5.41) is 0. The fourth-order valence-corrected chi connectivity index (χ4v) is 1.59. The number of rotatable bonds is 11. The number of alkyl halides is 15. The van der Waals surface area contributed by atoms with Gasteiger partial charge in [-0.15, -0.1) is 0 Å². The third kappa shape index (κ3) is 7.89. The standard InChI is InChI=1S/C8H3F15O2.C6H10O3/c1-2(9,10)24-7(20,21)8(22,23)25-6(18,19)4(13,14)3(11,12)5(15,16)17;1(5-3-8-5)7-2-6-4-9-6/h1H3;5-6H,1-4H2. The molecule has 0 spiro atoms. The lowest BCUT2D eigenvalue weighted by molar-refractivity contribution is -0.541. The number of halogens is 15. The van der Waals surface area contributed by atoms with Crippen molar-refractivity contribution in [3.63, 3.8) is 0 Å². The van der Waals surface area contributed by atoms with E-state index in [1.807, 2.05) is 4.74 Å². The smallest absolute Gasteiger partial charge is 0.376 e. The van der Waals surface area contributed by atoms with Gasteiger partial charge < -0.3 is 14.2 Å². The zero-order valence-corrected chi connectivity index (χ0v) is 16.2. The molecule has 2 aliphatic heterocycles. The van der Waals surface area contributed by atoms with Crippen LogP contribution in [0, 0.1) is 0 Å². The maximum atomic E-state index is 12.7. The summed E-state index contributed by atoms with van der Waals surface area (Å²) in [6.07, 6.45) is -33.5. The van der Waals surface area contributed by atoms with E-state index in [1.54, 1.807) is 0 Å². The predicted molar refractivity (Wildman–Crippen MR) is 73.9 cm³/mol. The first-order chi connectivity index (χ1) is 14.9. The third-order valence-electron chi connectivity index (χ3n) is 3.43. The predicted octanol–water partition coefficient (Wildman–Crippen LogP) is 5.04. The van der Waals surface area contributed by atoms with Crippen molar-refractivity contribution in [2.45, 2.75) is 61.6 Å². The molecule has 2 unspecified atom stereocenters. The van der Waals surface area contributed by atoms with Crippen molar-refractivity contribution in [1.82, 2.24) is 0 Å². The Bertz CT molecular complexity index is 655. The van der Waals surface area contributed by atoms with E-state index in [2.05, 4.69) is 0 Å². The molecule has 2 heterocycles. The fraction of sp³-hybridized carbons (Fsp3) is 1.00. The van der Waals surface area contributed by atoms with Crippen LogP contribution < -0.4 is 0 Å². The monoisotopic (exact) mass is 546 g/mol. The maximum absolute atomic E-state index is 12.7. The van der Waals surface area contributed by atoms with Crippen molar-refractivity contribution in [2.24, 2.45) is 0 Å². The van der Waals surface area contributed by atoms with E-state index < -0.39 is 49.4 Å². The summed E-state index contributed by atoms with van der Waals surface area (Å²) in [7, 11) is 0. The molecule has 0 radical (unpaired) electrons. The molecule has 34 heavy (non-hydrogen) atoms. The first-order valence-corrected chi connectivity index (χ1v) is 8.41. The summed E-state index contributed by atoms with van der Waals surface area (Å²) in [5.74, 6) is -15.6. The zero-order valence-electron chi connectivity index (χ0n) is 16.2. The van der Waals surface area contributed by atoms with Crippen molar-refractivity contribution in [3.05, 3.63) is 0 Å². The second-order valence-corrected chi connectivity index (χ2v) is 6.66. The largest absolute Gasteiger partial charge is 0.460 e. The Kier molecular flexibility index (Phi) is 8.74. The van der Waals surface area contributed by atoms with Gasteiger partial charge in [-0.25, -0.2) is 9.47 Å². The molecule has 2 atom stereocenters. The minimum atomic E-state index is -7.84. The van der Waals surface area contributed by atoms with Gasteiger partial charge >= 0.3 is 42.5 Å². The van der Waals surface area contributed by atoms with Crippen molar-refractivity contribution < 1.29 is 89.5 Å². The Morgan fingerprint density at radius 2 is 0.941 bits per heavy atom. The quantitative estimate of drug-likeness (QED) is 0.269. The van der Waals surface area contributed by atoms with Gasteiger partial charge in [0, 0.05) is 6.92 Å². The molecular weight excluding hydrogens is 533 g/mol. The molecule has 0 aromatic rings. The summed E-state index contributed by atoms with van der Waals surface area (Å²) in [6, 6.07) is 0. The summed E-state index contributed by atoms with van der Waals surface area (Å²) < 4.78 is 203. The van der Waals surface area contributed by atoms with E-state index in [1.165, 1.54) is 4.74 Å². The van der Waals surface area contributed by atoms with Crippen LogP contribution in [0.15, 0.2) is 0 Å². The molecule has 0 aromatic heterocycles. The molecule has 0 bridgehead atoms. The van der Waals surface area contributed by atoms with E-state index in [-0.39, 0.29) is 0 Å². The second kappa shape index (κ2) is 9.66. The topological polar surface area (TPSA) is 52.8 Å². The zero-order chi connectivity index (χ0) is 27.0. The van der Waals surface area contributed by atoms with Crippen LogP contribution in [0.1, 0.15) is 6.92 Å². The molecule has 2 aliphatic rings. The summed E-state index contributed by atoms with van der Waals surface area (Å²) in [6.45, 7) is 2.61.